The zero-order chi connectivity index (χ0) is 82.8. The maximum absolute atomic E-state index is 15.7. The van der Waals surface area contributed by atoms with Crippen LogP contribution in [0.5, 0.6) is 0 Å². The lowest BCUT2D eigenvalue weighted by molar-refractivity contribution is -0.159. The van der Waals surface area contributed by atoms with E-state index in [1.54, 1.807) is 33.8 Å². The van der Waals surface area contributed by atoms with E-state index in [2.05, 4.69) is 16.0 Å². The van der Waals surface area contributed by atoms with E-state index in [1.807, 2.05) is 13.8 Å². The summed E-state index contributed by atoms with van der Waals surface area (Å²) in [5.41, 5.74) is -4.73. The van der Waals surface area contributed by atoms with Gasteiger partial charge in [-0.25, -0.2) is 8.78 Å². The Hall–Kier alpha value is -8.82. The molecule has 4 aliphatic heterocycles. The standard InChI is InChI=1S/C78H108F8N12O14/c1-13-47(6)65-73(108)91(8)44-63(101)92(9)56-22-17-19-46(5)41-97(72(56)107)60(38-48-23-26-51(27-24-48)77(81,82)83)70(105)90(7)43-61(99)87-55(28-25-49-36-53(79)64(54(80)37-49)78(84,85)86)69(104)98-42-52(112-14-2)39-58(98)68(103)89-76(29-18-30-76)75(110)95(12)66(50-20-15-16-21-50)74(109)94(11)59(71(106)96-31-33-111-34-32-96)40-62(100)93(10)57(35-45(3)4)67(102)88-65/h19,23-24,26-27,36-37,45,47,50,52,55-60,65-66H,13-18,20-22,25,28-35,38-44H2,1-12H3,(H,87,99)(H,88,102)(H,89,103)/b46-19-/t47-,52+,55-,56-,57-,58-,59-,60-,65-,66-/m0/s1. The third-order valence-electron chi connectivity index (χ3n) is 22.9. The fourth-order valence-electron chi connectivity index (χ4n) is 16.0. The van der Waals surface area contributed by atoms with Crippen LogP contribution >= 0.6 is 0 Å². The van der Waals surface area contributed by atoms with E-state index in [4.69, 9.17) is 9.47 Å². The summed E-state index contributed by atoms with van der Waals surface area (Å²) >= 11 is 0. The van der Waals surface area contributed by atoms with E-state index >= 15 is 51.9 Å². The number of hydrogen-bond donors (Lipinski definition) is 3. The van der Waals surface area contributed by atoms with Crippen molar-refractivity contribution in [1.82, 2.24) is 60.0 Å². The highest BCUT2D eigenvalue weighted by Crippen LogP contribution is 2.40. The van der Waals surface area contributed by atoms with Crippen LogP contribution < -0.4 is 16.0 Å². The average molecular weight is 1590 g/mol. The minimum atomic E-state index is -5.46. The molecule has 2 aliphatic carbocycles. The number of amides is 12. The predicted octanol–water partition coefficient (Wildman–Crippen LogP) is 5.90. The highest BCUT2D eigenvalue weighted by Gasteiger charge is 2.54. The van der Waals surface area contributed by atoms with E-state index in [-0.39, 0.29) is 96.0 Å². The van der Waals surface area contributed by atoms with Crippen molar-refractivity contribution in [2.24, 2.45) is 17.8 Å². The molecule has 26 nitrogen and oxygen atoms in total. The van der Waals surface area contributed by atoms with Gasteiger partial charge in [-0.3, -0.25) is 57.5 Å². The Morgan fingerprint density at radius 1 is 0.661 bits per heavy atom. The number of nitrogens with zero attached hydrogens (tertiary/aromatic N) is 9. The van der Waals surface area contributed by atoms with Gasteiger partial charge in [-0.1, -0.05) is 70.7 Å². The van der Waals surface area contributed by atoms with Gasteiger partial charge in [0.15, 0.2) is 0 Å². The summed E-state index contributed by atoms with van der Waals surface area (Å²) in [6.07, 6.45) is -8.87. The lowest BCUT2D eigenvalue weighted by Crippen LogP contribution is -2.68. The summed E-state index contributed by atoms with van der Waals surface area (Å²) in [7, 11) is 7.89. The van der Waals surface area contributed by atoms with Gasteiger partial charge in [-0.05, 0) is 131 Å². The van der Waals surface area contributed by atoms with E-state index in [9.17, 15) is 40.7 Å². The molecule has 2 aromatic carbocycles. The number of nitrogens with one attached hydrogen (secondary N) is 3. The van der Waals surface area contributed by atoms with E-state index in [0.29, 0.717) is 56.2 Å². The molecule has 0 aromatic heterocycles. The average Bonchev–Trinajstić information content (AvgIpc) is 1.08. The zero-order valence-corrected chi connectivity index (χ0v) is 65.9. The van der Waals surface area contributed by atoms with Crippen LogP contribution in [0.15, 0.2) is 48.0 Å². The number of ether oxygens (including phenoxy) is 2. The molecule has 0 unspecified atom stereocenters. The number of rotatable bonds is 13. The van der Waals surface area contributed by atoms with Gasteiger partial charge in [0, 0.05) is 87.9 Å². The maximum atomic E-state index is 15.7. The van der Waals surface area contributed by atoms with Crippen molar-refractivity contribution in [1.29, 1.82) is 0 Å². The molecule has 2 aromatic rings. The Kier molecular flexibility index (Phi) is 30.0. The van der Waals surface area contributed by atoms with Crippen molar-refractivity contribution in [3.8, 4) is 0 Å². The second-order valence-electron chi connectivity index (χ2n) is 31.3. The lowest BCUT2D eigenvalue weighted by Gasteiger charge is -2.47. The molecule has 3 saturated heterocycles. The number of carbonyl (C=O) groups excluding carboxylic acids is 12. The minimum Gasteiger partial charge on any atom is -0.378 e. The summed E-state index contributed by atoms with van der Waals surface area (Å²) in [6, 6.07) is -7.36. The van der Waals surface area contributed by atoms with Crippen LogP contribution in [0.2, 0.25) is 0 Å². The zero-order valence-electron chi connectivity index (χ0n) is 65.9. The van der Waals surface area contributed by atoms with Gasteiger partial charge < -0.3 is 69.5 Å². The third-order valence-corrected chi connectivity index (χ3v) is 22.9. The molecule has 112 heavy (non-hydrogen) atoms. The second kappa shape index (κ2) is 37.9. The van der Waals surface area contributed by atoms with Crippen LogP contribution in [0.4, 0.5) is 35.1 Å². The van der Waals surface area contributed by atoms with Gasteiger partial charge in [0.2, 0.25) is 70.9 Å². The molecule has 620 valence electrons. The molecule has 2 bridgehead atoms. The number of hydrogen-bond acceptors (Lipinski definition) is 14. The number of likely N-dealkylation sites (N-methyl/N-ethyl adjacent to an activating group) is 6. The summed E-state index contributed by atoms with van der Waals surface area (Å²) < 4.78 is 126. The predicted molar refractivity (Wildman–Crippen MR) is 392 cm³/mol. The Labute approximate surface area is 648 Å². The SMILES string of the molecule is CCO[C@@H]1C[C@H]2C(=O)NC3(CCC3)C(=O)N(C)[C@@H](C3CCCC3)C(=O)N(C)[C@H](C(=O)N3CCOCC3)CC(=O)N(C)[C@@H](CC(C)C)C(=O)N[C@@H]([C@@H](C)CC)C(=O)N(C)CC(=O)N(C)[C@H]3CC/C=C(/C)CN(C3=O)[C@@H](Cc3ccc(C(F)(F)F)cc3)C(=O)N(C)CC(=O)N[C@@H](CCc3cc(F)c(C(F)(F)F)c(F)c3)C(=O)N2C1. The lowest BCUT2D eigenvalue weighted by atomic mass is 9.74. The van der Waals surface area contributed by atoms with Crippen LogP contribution in [-0.2, 0) is 92.2 Å². The Morgan fingerprint density at radius 2 is 1.29 bits per heavy atom. The van der Waals surface area contributed by atoms with Crippen molar-refractivity contribution in [3.63, 3.8) is 0 Å². The largest absolute Gasteiger partial charge is 0.422 e. The number of aryl methyl sites for hydroxylation is 1. The molecule has 8 rings (SSSR count). The quantitative estimate of drug-likeness (QED) is 0.156. The van der Waals surface area contributed by atoms with Gasteiger partial charge in [-0.2, -0.15) is 26.3 Å². The fourth-order valence-corrected chi connectivity index (χ4v) is 16.0. The minimum absolute atomic E-state index is 0.0296. The van der Waals surface area contributed by atoms with Crippen LogP contribution in [0.3, 0.4) is 0 Å². The normalized spacial score (nSPS) is 26.7. The molecule has 1 spiro atoms. The monoisotopic (exact) mass is 1590 g/mol. The number of carbonyl (C=O) groups is 12. The topological polar surface area (TPSA) is 289 Å². The summed E-state index contributed by atoms with van der Waals surface area (Å²) in [6.45, 7) is 8.58. The van der Waals surface area contributed by atoms with Crippen LogP contribution in [0, 0.1) is 29.4 Å². The molecule has 12 amide bonds. The van der Waals surface area contributed by atoms with E-state index in [1.165, 1.54) is 45.0 Å². The van der Waals surface area contributed by atoms with Crippen molar-refractivity contribution in [3.05, 3.63) is 81.9 Å². The van der Waals surface area contributed by atoms with Crippen molar-refractivity contribution in [2.45, 2.75) is 217 Å². The van der Waals surface area contributed by atoms with Gasteiger partial charge in [0.1, 0.15) is 71.1 Å². The van der Waals surface area contributed by atoms with E-state index < -0.39 is 222 Å². The number of benzene rings is 2. The van der Waals surface area contributed by atoms with Crippen molar-refractivity contribution >= 4 is 70.9 Å². The molecule has 6 aliphatic rings. The van der Waals surface area contributed by atoms with E-state index in [0.717, 1.165) is 65.6 Å². The third kappa shape index (κ3) is 21.1. The Morgan fingerprint density at radius 3 is 1.86 bits per heavy atom. The fraction of sp³-hybridized carbons (Fsp3) is 0.667. The van der Waals surface area contributed by atoms with Gasteiger partial charge in [-0.15, -0.1) is 0 Å². The first-order valence-corrected chi connectivity index (χ1v) is 38.6. The van der Waals surface area contributed by atoms with Crippen molar-refractivity contribution in [2.75, 3.05) is 101 Å². The van der Waals surface area contributed by atoms with Gasteiger partial charge in [0.05, 0.1) is 44.4 Å². The molecule has 10 atom stereocenters. The summed E-state index contributed by atoms with van der Waals surface area (Å²) in [5.74, 6) is -15.3. The molecule has 4 heterocycles. The molecule has 34 heteroatoms. The first-order chi connectivity index (χ1) is 52.6. The highest BCUT2D eigenvalue weighted by atomic mass is 19.4. The Bertz CT molecular complexity index is 3790. The molecule has 5 fully saturated rings. The first kappa shape index (κ1) is 88.7. The van der Waals surface area contributed by atoms with Crippen LogP contribution in [0.25, 0.3) is 0 Å². The van der Waals surface area contributed by atoms with Gasteiger partial charge >= 0.3 is 12.4 Å². The second-order valence-corrected chi connectivity index (χ2v) is 31.3. The Balaban J connectivity index is 1.24. The number of allylic oxidation sites excluding steroid dienone is 1. The van der Waals surface area contributed by atoms with Crippen LogP contribution in [-0.4, -0.2) is 276 Å². The summed E-state index contributed by atoms with van der Waals surface area (Å²) in [5, 5.41) is 8.32. The van der Waals surface area contributed by atoms with Crippen molar-refractivity contribution < 1.29 is 102 Å². The molecular formula is C78H108F8N12O14. The maximum Gasteiger partial charge on any atom is 0.422 e. The van der Waals surface area contributed by atoms with Gasteiger partial charge in [0.25, 0.3) is 0 Å². The number of alkyl halides is 6. The number of morpholine rings is 1. The first-order valence-electron chi connectivity index (χ1n) is 38.6. The molecule has 2 saturated carbocycles. The number of fused-ring (bicyclic) bond motifs is 3. The summed E-state index contributed by atoms with van der Waals surface area (Å²) in [4.78, 5) is 193. The molecular weight excluding hydrogens is 1480 g/mol. The van der Waals surface area contributed by atoms with Crippen LogP contribution in [0.1, 0.15) is 154 Å². The smallest absolute Gasteiger partial charge is 0.378 e. The number of halogens is 8. The molecule has 0 radical (unpaired) electrons. The highest BCUT2D eigenvalue weighted by molar-refractivity contribution is 6.01. The molecule has 3 N–H and O–H groups in total.